The molecule has 0 aliphatic heterocycles. The quantitative estimate of drug-likeness (QED) is 0.520. The Kier molecular flexibility index (Phi) is 5.67. The number of Topliss-reactive ketones (excluding diaryl/α,β-unsaturated/α-hetero) is 1. The van der Waals surface area contributed by atoms with Crippen molar-refractivity contribution >= 4 is 22.8 Å². The summed E-state index contributed by atoms with van der Waals surface area (Å²) in [6.07, 6.45) is 4.73. The summed E-state index contributed by atoms with van der Waals surface area (Å²) in [5.74, 6) is -0.872. The molecule has 0 bridgehead atoms. The maximum atomic E-state index is 12.5. The Balaban J connectivity index is 0.00000117. The Morgan fingerprint density at radius 2 is 1.73 bits per heavy atom. The van der Waals surface area contributed by atoms with E-state index in [0.29, 0.717) is 11.4 Å². The fourth-order valence-electron chi connectivity index (χ4n) is 2.70. The number of phenolic OH excluding ortho intramolecular Hbond substituents is 1. The van der Waals surface area contributed by atoms with Crippen molar-refractivity contribution in [2.75, 3.05) is 19.4 Å². The number of ketones is 1. The molecule has 3 rings (SSSR count). The molecule has 136 valence electrons. The number of hydrogen-bond donors (Lipinski definition) is 5. The first-order chi connectivity index (χ1) is 12.5. The van der Waals surface area contributed by atoms with E-state index in [1.807, 2.05) is 13.8 Å². The fourth-order valence-corrected chi connectivity index (χ4v) is 2.70. The minimum atomic E-state index is -0.424. The number of benzene rings is 1. The number of aliphatic hydroxyl groups is 2. The molecule has 0 spiro atoms. The van der Waals surface area contributed by atoms with E-state index >= 15 is 0 Å². The van der Waals surface area contributed by atoms with Crippen molar-refractivity contribution in [3.05, 3.63) is 64.7 Å². The molecular formula is C20H23N2O4+. The summed E-state index contributed by atoms with van der Waals surface area (Å²) in [5, 5.41) is 33.3. The van der Waals surface area contributed by atoms with Gasteiger partial charge in [-0.2, -0.15) is 0 Å². The number of aromatic hydroxyl groups is 1. The van der Waals surface area contributed by atoms with Crippen molar-refractivity contribution in [1.29, 1.82) is 0 Å². The molecule has 0 saturated carbocycles. The maximum absolute atomic E-state index is 12.5. The molecule has 26 heavy (non-hydrogen) atoms. The predicted molar refractivity (Wildman–Crippen MR) is 102 cm³/mol. The third-order valence-corrected chi connectivity index (χ3v) is 4.04. The highest BCUT2D eigenvalue weighted by atomic mass is 16.3. The number of phenols is 1. The number of allylic oxidation sites excluding steroid dienone is 5. The second-order valence-corrected chi connectivity index (χ2v) is 5.39. The van der Waals surface area contributed by atoms with Crippen LogP contribution in [-0.2, 0) is 4.79 Å². The number of rotatable bonds is 2. The van der Waals surface area contributed by atoms with Crippen LogP contribution in [0.25, 0.3) is 5.57 Å². The number of anilines is 1. The van der Waals surface area contributed by atoms with Gasteiger partial charge in [0.25, 0.3) is 0 Å². The van der Waals surface area contributed by atoms with Crippen molar-refractivity contribution in [3.63, 3.8) is 0 Å². The lowest BCUT2D eigenvalue weighted by molar-refractivity contribution is -0.417. The van der Waals surface area contributed by atoms with Gasteiger partial charge in [-0.05, 0) is 18.2 Å². The molecule has 1 aromatic rings. The van der Waals surface area contributed by atoms with Gasteiger partial charge < -0.3 is 20.6 Å². The van der Waals surface area contributed by atoms with Gasteiger partial charge in [-0.25, -0.2) is 4.99 Å². The van der Waals surface area contributed by atoms with Gasteiger partial charge in [-0.1, -0.05) is 13.8 Å². The molecule has 0 fully saturated rings. The molecule has 0 radical (unpaired) electrons. The maximum Gasteiger partial charge on any atom is 0.202 e. The number of carbonyl (C=O) groups is 1. The lowest BCUT2D eigenvalue weighted by Gasteiger charge is -2.24. The van der Waals surface area contributed by atoms with Crippen molar-refractivity contribution < 1.29 is 25.1 Å². The molecule has 2 aliphatic rings. The first-order valence-electron chi connectivity index (χ1n) is 8.35. The molecule has 0 unspecified atom stereocenters. The second-order valence-electron chi connectivity index (χ2n) is 5.39. The smallest absolute Gasteiger partial charge is 0.202 e. The Hall–Kier alpha value is -3.28. The van der Waals surface area contributed by atoms with Crippen LogP contribution in [0.15, 0.2) is 59.1 Å². The molecule has 6 nitrogen and oxygen atoms in total. The van der Waals surface area contributed by atoms with E-state index in [-0.39, 0.29) is 39.6 Å². The fraction of sp³-hybridized carbons (Fsp3) is 0.200. The van der Waals surface area contributed by atoms with E-state index in [1.54, 1.807) is 38.4 Å². The van der Waals surface area contributed by atoms with Crippen LogP contribution in [0.1, 0.15) is 19.4 Å². The van der Waals surface area contributed by atoms with Gasteiger partial charge in [0.1, 0.15) is 24.3 Å². The van der Waals surface area contributed by atoms with Crippen molar-refractivity contribution in [1.82, 2.24) is 0 Å². The summed E-state index contributed by atoms with van der Waals surface area (Å²) in [6.45, 7) is 4.00. The molecule has 5 N–H and O–H groups in total. The Morgan fingerprint density at radius 3 is 2.23 bits per heavy atom. The normalized spacial score (nSPS) is 20.4. The Labute approximate surface area is 152 Å². The van der Waals surface area contributed by atoms with Crippen molar-refractivity contribution in [3.8, 4) is 5.75 Å². The zero-order valence-corrected chi connectivity index (χ0v) is 15.2. The SMILES string of the molecule is CC.CNc1ccc(C2=C(O)/C(=C3\C=CC(=[NH+]C)C=C3O)C2=O)c(O)c1. The van der Waals surface area contributed by atoms with Crippen LogP contribution in [-0.4, -0.2) is 40.9 Å². The van der Waals surface area contributed by atoms with E-state index < -0.39 is 5.78 Å². The third kappa shape index (κ3) is 3.13. The van der Waals surface area contributed by atoms with Crippen LogP contribution >= 0.6 is 0 Å². The summed E-state index contributed by atoms with van der Waals surface area (Å²) in [4.78, 5) is 15.4. The van der Waals surface area contributed by atoms with Gasteiger partial charge in [-0.3, -0.25) is 4.79 Å². The van der Waals surface area contributed by atoms with Crippen LogP contribution in [0.2, 0.25) is 0 Å². The zero-order chi connectivity index (χ0) is 19.4. The molecule has 0 aromatic heterocycles. The predicted octanol–water partition coefficient (Wildman–Crippen LogP) is 1.77. The van der Waals surface area contributed by atoms with Gasteiger partial charge in [-0.15, -0.1) is 0 Å². The topological polar surface area (TPSA) is 104 Å². The molecule has 0 amide bonds. The lowest BCUT2D eigenvalue weighted by Crippen LogP contribution is -2.67. The molecule has 1 aromatic carbocycles. The van der Waals surface area contributed by atoms with E-state index in [1.165, 1.54) is 12.1 Å². The van der Waals surface area contributed by atoms with Crippen LogP contribution in [0.4, 0.5) is 5.69 Å². The number of carbonyl (C=O) groups excluding carboxylic acids is 1. The first kappa shape index (κ1) is 19.1. The average molecular weight is 355 g/mol. The van der Waals surface area contributed by atoms with Gasteiger partial charge in [0.05, 0.1) is 17.2 Å². The minimum absolute atomic E-state index is 0.0437. The summed E-state index contributed by atoms with van der Waals surface area (Å²) >= 11 is 0. The molecule has 6 heteroatoms. The van der Waals surface area contributed by atoms with Gasteiger partial charge in [0.15, 0.2) is 0 Å². The van der Waals surface area contributed by atoms with Crippen LogP contribution in [0.3, 0.4) is 0 Å². The molecule has 0 saturated heterocycles. The summed E-state index contributed by atoms with van der Waals surface area (Å²) in [6, 6.07) is 4.73. The number of hydrogen-bond acceptors (Lipinski definition) is 5. The minimum Gasteiger partial charge on any atom is -0.507 e. The van der Waals surface area contributed by atoms with Gasteiger partial charge in [0.2, 0.25) is 11.5 Å². The number of nitrogens with one attached hydrogen (secondary N) is 2. The highest BCUT2D eigenvalue weighted by Crippen LogP contribution is 2.42. The standard InChI is InChI=1S/C18H16N2O4.C2H6/c1-19-9-3-5-11(13(21)7-9)15-17(23)16(18(15)24)12-6-4-10(20-2)8-14(12)22;1-2/h3-8,19,21-23H,1-2H3;1-2H3/p+1/b16-12-,20-10?;. The highest BCUT2D eigenvalue weighted by Gasteiger charge is 2.39. The first-order valence-corrected chi connectivity index (χ1v) is 8.35. The Bertz CT molecular complexity index is 902. The van der Waals surface area contributed by atoms with Crippen LogP contribution in [0.5, 0.6) is 5.75 Å². The van der Waals surface area contributed by atoms with E-state index in [4.69, 9.17) is 0 Å². The van der Waals surface area contributed by atoms with Crippen LogP contribution < -0.4 is 10.3 Å². The lowest BCUT2D eigenvalue weighted by atomic mass is 9.79. The molecular weight excluding hydrogens is 332 g/mol. The number of aliphatic hydroxyl groups excluding tert-OH is 2. The molecule has 0 atom stereocenters. The van der Waals surface area contributed by atoms with Gasteiger partial charge >= 0.3 is 0 Å². The molecule has 2 aliphatic carbocycles. The zero-order valence-electron chi connectivity index (χ0n) is 15.2. The average Bonchev–Trinajstić information content (AvgIpc) is 2.66. The highest BCUT2D eigenvalue weighted by molar-refractivity contribution is 6.40. The van der Waals surface area contributed by atoms with Crippen molar-refractivity contribution in [2.24, 2.45) is 0 Å². The second kappa shape index (κ2) is 7.74. The third-order valence-electron chi connectivity index (χ3n) is 4.04. The van der Waals surface area contributed by atoms with Gasteiger partial charge in [0, 0.05) is 36.0 Å². The summed E-state index contributed by atoms with van der Waals surface area (Å²) in [7, 11) is 3.42. The largest absolute Gasteiger partial charge is 0.507 e. The molecule has 0 heterocycles. The monoisotopic (exact) mass is 355 g/mol. The van der Waals surface area contributed by atoms with E-state index in [0.717, 1.165) is 0 Å². The van der Waals surface area contributed by atoms with Crippen molar-refractivity contribution in [2.45, 2.75) is 13.8 Å². The van der Waals surface area contributed by atoms with E-state index in [2.05, 4.69) is 10.3 Å². The van der Waals surface area contributed by atoms with Crippen LogP contribution in [0, 0.1) is 0 Å². The summed E-state index contributed by atoms with van der Waals surface area (Å²) < 4.78 is 0. The Morgan fingerprint density at radius 1 is 1.04 bits per heavy atom. The van der Waals surface area contributed by atoms with E-state index in [9.17, 15) is 20.1 Å². The summed E-state index contributed by atoms with van der Waals surface area (Å²) in [5.41, 5.74) is 1.97.